The van der Waals surface area contributed by atoms with Crippen LogP contribution in [0.4, 0.5) is 0 Å². The molecule has 0 fully saturated rings. The zero-order valence-corrected chi connectivity index (χ0v) is 11.6. The first-order chi connectivity index (χ1) is 8.27. The Kier molecular flexibility index (Phi) is 7.13. The standard InChI is InChI=1S/C14H23NOS/c1-3-4-5-9-17-11-14(15)12-7-6-8-13(10-12)16-2/h6-8,10,14H,3-5,9,11,15H2,1-2H3. The zero-order valence-electron chi connectivity index (χ0n) is 10.8. The first-order valence-electron chi connectivity index (χ1n) is 6.25. The van der Waals surface area contributed by atoms with Gasteiger partial charge in [-0.15, -0.1) is 0 Å². The maximum Gasteiger partial charge on any atom is 0.119 e. The Morgan fingerprint density at radius 3 is 2.88 bits per heavy atom. The second-order valence-electron chi connectivity index (χ2n) is 4.17. The molecule has 2 N–H and O–H groups in total. The van der Waals surface area contributed by atoms with Gasteiger partial charge in [-0.1, -0.05) is 31.9 Å². The molecule has 0 bridgehead atoms. The number of benzene rings is 1. The average Bonchev–Trinajstić information content (AvgIpc) is 2.38. The van der Waals surface area contributed by atoms with E-state index >= 15 is 0 Å². The molecule has 0 aromatic heterocycles. The van der Waals surface area contributed by atoms with Crippen molar-refractivity contribution in [3.05, 3.63) is 29.8 Å². The number of hydrogen-bond donors (Lipinski definition) is 1. The second kappa shape index (κ2) is 8.43. The van der Waals surface area contributed by atoms with E-state index in [-0.39, 0.29) is 6.04 Å². The van der Waals surface area contributed by atoms with Gasteiger partial charge in [-0.2, -0.15) is 11.8 Å². The van der Waals surface area contributed by atoms with Gasteiger partial charge in [-0.05, 0) is 29.9 Å². The summed E-state index contributed by atoms with van der Waals surface area (Å²) in [6, 6.07) is 8.15. The van der Waals surface area contributed by atoms with Crippen LogP contribution in [-0.4, -0.2) is 18.6 Å². The van der Waals surface area contributed by atoms with Crippen LogP contribution < -0.4 is 10.5 Å². The molecule has 0 spiro atoms. The predicted octanol–water partition coefficient (Wildman–Crippen LogP) is 3.62. The Morgan fingerprint density at radius 1 is 1.35 bits per heavy atom. The first-order valence-corrected chi connectivity index (χ1v) is 7.40. The summed E-state index contributed by atoms with van der Waals surface area (Å²) in [5, 5.41) is 0. The summed E-state index contributed by atoms with van der Waals surface area (Å²) < 4.78 is 5.20. The summed E-state index contributed by atoms with van der Waals surface area (Å²) in [6.07, 6.45) is 3.90. The minimum Gasteiger partial charge on any atom is -0.497 e. The van der Waals surface area contributed by atoms with Gasteiger partial charge < -0.3 is 10.5 Å². The van der Waals surface area contributed by atoms with Crippen molar-refractivity contribution in [2.24, 2.45) is 5.73 Å². The van der Waals surface area contributed by atoms with E-state index < -0.39 is 0 Å². The molecule has 1 unspecified atom stereocenters. The van der Waals surface area contributed by atoms with Gasteiger partial charge in [0.15, 0.2) is 0 Å². The molecule has 96 valence electrons. The Hall–Kier alpha value is -0.670. The summed E-state index contributed by atoms with van der Waals surface area (Å²) in [7, 11) is 1.68. The van der Waals surface area contributed by atoms with Crippen LogP contribution in [0, 0.1) is 0 Å². The fourth-order valence-electron chi connectivity index (χ4n) is 1.63. The van der Waals surface area contributed by atoms with E-state index in [2.05, 4.69) is 13.0 Å². The van der Waals surface area contributed by atoms with Gasteiger partial charge >= 0.3 is 0 Å². The highest BCUT2D eigenvalue weighted by atomic mass is 32.2. The molecule has 1 aromatic rings. The van der Waals surface area contributed by atoms with E-state index in [9.17, 15) is 0 Å². The largest absolute Gasteiger partial charge is 0.497 e. The molecule has 17 heavy (non-hydrogen) atoms. The second-order valence-corrected chi connectivity index (χ2v) is 5.31. The zero-order chi connectivity index (χ0) is 12.5. The third-order valence-corrected chi connectivity index (χ3v) is 3.88. The molecule has 2 nitrogen and oxygen atoms in total. The molecule has 0 saturated carbocycles. The summed E-state index contributed by atoms with van der Waals surface area (Å²) in [5.41, 5.74) is 7.32. The quantitative estimate of drug-likeness (QED) is 0.719. The lowest BCUT2D eigenvalue weighted by atomic mass is 10.1. The summed E-state index contributed by atoms with van der Waals surface area (Å²) in [6.45, 7) is 2.23. The van der Waals surface area contributed by atoms with E-state index in [4.69, 9.17) is 10.5 Å². The minimum absolute atomic E-state index is 0.108. The van der Waals surface area contributed by atoms with Gasteiger partial charge in [0, 0.05) is 11.8 Å². The van der Waals surface area contributed by atoms with Crippen LogP contribution in [0.2, 0.25) is 0 Å². The monoisotopic (exact) mass is 253 g/mol. The molecule has 0 aliphatic carbocycles. The van der Waals surface area contributed by atoms with Crippen molar-refractivity contribution in [2.75, 3.05) is 18.6 Å². The molecule has 3 heteroatoms. The third-order valence-electron chi connectivity index (χ3n) is 2.71. The lowest BCUT2D eigenvalue weighted by molar-refractivity contribution is 0.414. The highest BCUT2D eigenvalue weighted by Crippen LogP contribution is 2.21. The Labute approximate surface area is 109 Å². The van der Waals surface area contributed by atoms with E-state index in [1.807, 2.05) is 30.0 Å². The molecule has 0 heterocycles. The lowest BCUT2D eigenvalue weighted by Crippen LogP contribution is -2.13. The first kappa shape index (κ1) is 14.4. The van der Waals surface area contributed by atoms with Crippen LogP contribution in [0.3, 0.4) is 0 Å². The Morgan fingerprint density at radius 2 is 2.18 bits per heavy atom. The molecule has 0 amide bonds. The number of unbranched alkanes of at least 4 members (excludes halogenated alkanes) is 2. The molecule has 1 aromatic carbocycles. The number of rotatable bonds is 8. The van der Waals surface area contributed by atoms with Crippen molar-refractivity contribution in [2.45, 2.75) is 32.2 Å². The topological polar surface area (TPSA) is 35.2 Å². The maximum atomic E-state index is 6.16. The molecule has 0 aliphatic heterocycles. The van der Waals surface area contributed by atoms with E-state index in [1.165, 1.54) is 25.0 Å². The number of nitrogens with two attached hydrogens (primary N) is 1. The number of thioether (sulfide) groups is 1. The van der Waals surface area contributed by atoms with Gasteiger partial charge in [0.25, 0.3) is 0 Å². The average molecular weight is 253 g/mol. The van der Waals surface area contributed by atoms with Crippen molar-refractivity contribution in [3.8, 4) is 5.75 Å². The molecule has 0 radical (unpaired) electrons. The van der Waals surface area contributed by atoms with Gasteiger partial charge in [-0.25, -0.2) is 0 Å². The van der Waals surface area contributed by atoms with Gasteiger partial charge in [0.1, 0.15) is 5.75 Å². The van der Waals surface area contributed by atoms with Crippen molar-refractivity contribution in [1.29, 1.82) is 0 Å². The molecular weight excluding hydrogens is 230 g/mol. The third kappa shape index (κ3) is 5.46. The molecule has 0 saturated heterocycles. The summed E-state index contributed by atoms with van der Waals surface area (Å²) in [5.74, 6) is 3.08. The highest BCUT2D eigenvalue weighted by Gasteiger charge is 2.06. The van der Waals surface area contributed by atoms with E-state index in [1.54, 1.807) is 7.11 Å². The molecular formula is C14H23NOS. The highest BCUT2D eigenvalue weighted by molar-refractivity contribution is 7.99. The summed E-state index contributed by atoms with van der Waals surface area (Å²) in [4.78, 5) is 0. The fourth-order valence-corrected chi connectivity index (χ4v) is 2.65. The van der Waals surface area contributed by atoms with Gasteiger partial charge in [0.2, 0.25) is 0 Å². The summed E-state index contributed by atoms with van der Waals surface area (Å²) >= 11 is 1.94. The van der Waals surface area contributed by atoms with Crippen molar-refractivity contribution in [3.63, 3.8) is 0 Å². The van der Waals surface area contributed by atoms with Crippen molar-refractivity contribution < 1.29 is 4.74 Å². The Balaban J connectivity index is 2.33. The van der Waals surface area contributed by atoms with E-state index in [0.29, 0.717) is 0 Å². The van der Waals surface area contributed by atoms with Crippen LogP contribution >= 0.6 is 11.8 Å². The molecule has 0 aliphatic rings. The fraction of sp³-hybridized carbons (Fsp3) is 0.571. The molecule has 1 atom stereocenters. The van der Waals surface area contributed by atoms with Gasteiger partial charge in [0.05, 0.1) is 7.11 Å². The van der Waals surface area contributed by atoms with Crippen LogP contribution in [0.1, 0.15) is 37.8 Å². The Bertz CT molecular complexity index is 317. The van der Waals surface area contributed by atoms with Crippen LogP contribution in [0.15, 0.2) is 24.3 Å². The van der Waals surface area contributed by atoms with Crippen LogP contribution in [0.5, 0.6) is 5.75 Å². The number of hydrogen-bond acceptors (Lipinski definition) is 3. The maximum absolute atomic E-state index is 6.16. The van der Waals surface area contributed by atoms with Crippen LogP contribution in [0.25, 0.3) is 0 Å². The molecule has 1 rings (SSSR count). The van der Waals surface area contributed by atoms with Crippen molar-refractivity contribution >= 4 is 11.8 Å². The minimum atomic E-state index is 0.108. The SMILES string of the molecule is CCCCCSCC(N)c1cccc(OC)c1. The predicted molar refractivity (Wildman–Crippen MR) is 76.8 cm³/mol. The lowest BCUT2D eigenvalue weighted by Gasteiger charge is -2.12. The van der Waals surface area contributed by atoms with Gasteiger partial charge in [-0.3, -0.25) is 0 Å². The number of ether oxygens (including phenoxy) is 1. The normalized spacial score (nSPS) is 12.4. The van der Waals surface area contributed by atoms with E-state index in [0.717, 1.165) is 17.1 Å². The van der Waals surface area contributed by atoms with Crippen LogP contribution in [-0.2, 0) is 0 Å². The smallest absolute Gasteiger partial charge is 0.119 e. The number of methoxy groups -OCH3 is 1. The van der Waals surface area contributed by atoms with Crippen molar-refractivity contribution in [1.82, 2.24) is 0 Å².